The second-order valence-corrected chi connectivity index (χ2v) is 10.3. The molecule has 1 aromatic carbocycles. The fraction of sp³-hybridized carbons (Fsp3) is 0.190. The molecule has 0 bridgehead atoms. The van der Waals surface area contributed by atoms with Crippen LogP contribution in [0, 0.1) is 0 Å². The number of thiazole rings is 1. The third-order valence-electron chi connectivity index (χ3n) is 4.67. The van der Waals surface area contributed by atoms with Gasteiger partial charge < -0.3 is 9.84 Å². The fourth-order valence-corrected chi connectivity index (χ4v) is 6.42. The molecule has 10 heteroatoms. The van der Waals surface area contributed by atoms with Crippen LogP contribution in [0.15, 0.2) is 59.6 Å². The van der Waals surface area contributed by atoms with Crippen LogP contribution in [-0.4, -0.2) is 22.2 Å². The molecule has 0 spiro atoms. The lowest BCUT2D eigenvalue weighted by atomic mass is 10.0. The molecule has 1 N–H and O–H groups in total. The Morgan fingerprint density at radius 3 is 2.68 bits per heavy atom. The lowest BCUT2D eigenvalue weighted by molar-refractivity contribution is -0.139. The Kier molecular flexibility index (Phi) is 6.34. The number of fused-ring (bicyclic) bond motifs is 1. The topological polar surface area (TPSA) is 80.9 Å². The van der Waals surface area contributed by atoms with Crippen molar-refractivity contribution in [3.63, 3.8) is 0 Å². The summed E-state index contributed by atoms with van der Waals surface area (Å²) in [7, 11) is 0. The number of benzene rings is 1. The molecule has 0 fully saturated rings. The summed E-state index contributed by atoms with van der Waals surface area (Å²) in [6.45, 7) is 3.75. The summed E-state index contributed by atoms with van der Waals surface area (Å²) < 4.78 is 8.33. The molecule has 0 saturated heterocycles. The molecule has 0 saturated carbocycles. The van der Waals surface area contributed by atoms with Gasteiger partial charge in [-0.05, 0) is 80.9 Å². The number of hydrogen-bond donors (Lipinski definition) is 1. The van der Waals surface area contributed by atoms with Gasteiger partial charge in [0.05, 0.1) is 31.4 Å². The van der Waals surface area contributed by atoms with Crippen LogP contribution in [0.2, 0.25) is 0 Å². The summed E-state index contributed by atoms with van der Waals surface area (Å²) in [5.74, 6) is -0.381. The third-order valence-corrected chi connectivity index (χ3v) is 7.78. The van der Waals surface area contributed by atoms with Gasteiger partial charge in [0.25, 0.3) is 5.56 Å². The van der Waals surface area contributed by atoms with Gasteiger partial charge in [-0.15, -0.1) is 11.3 Å². The minimum atomic E-state index is -0.587. The Labute approximate surface area is 202 Å². The molecule has 6 nitrogen and oxygen atoms in total. The highest BCUT2D eigenvalue weighted by Crippen LogP contribution is 2.34. The highest BCUT2D eigenvalue weighted by atomic mass is 79.9. The molecular formula is C21H16Br2N2O4S2. The average molecular weight is 584 g/mol. The van der Waals surface area contributed by atoms with E-state index in [-0.39, 0.29) is 17.9 Å². The second kappa shape index (κ2) is 8.85. The fourth-order valence-electron chi connectivity index (χ4n) is 3.33. The largest absolute Gasteiger partial charge is 0.506 e. The van der Waals surface area contributed by atoms with E-state index in [9.17, 15) is 14.7 Å². The first-order valence-corrected chi connectivity index (χ1v) is 12.5. The third kappa shape index (κ3) is 4.09. The number of esters is 1. The Morgan fingerprint density at radius 1 is 1.35 bits per heavy atom. The summed E-state index contributed by atoms with van der Waals surface area (Å²) >= 11 is 9.36. The standard InChI is InChI=1S/C21H16Br2N2O4S2/c1-3-29-20(28)16-10(2)24-21-25(17(16)14-5-4-6-30-14)19(27)15(31-21)9-11-7-12(22)18(26)13(23)8-11/h4-9,17,26H,3H2,1-2H3/b15-9+/t17-/m0/s1. The predicted molar refractivity (Wildman–Crippen MR) is 128 cm³/mol. The minimum absolute atomic E-state index is 0.0889. The average Bonchev–Trinajstić information content (AvgIpc) is 3.34. The zero-order chi connectivity index (χ0) is 22.3. The van der Waals surface area contributed by atoms with Crippen molar-refractivity contribution >= 4 is 66.6 Å². The Balaban J connectivity index is 1.94. The maximum atomic E-state index is 13.4. The molecule has 3 aromatic rings. The Hall–Kier alpha value is -2.01. The predicted octanol–water partition coefficient (Wildman–Crippen LogP) is 4.09. The lowest BCUT2D eigenvalue weighted by Crippen LogP contribution is -2.39. The molecule has 3 heterocycles. The molecule has 1 aliphatic heterocycles. The number of aromatic hydroxyl groups is 1. The Morgan fingerprint density at radius 2 is 2.06 bits per heavy atom. The van der Waals surface area contributed by atoms with Gasteiger partial charge in [0.1, 0.15) is 11.8 Å². The number of nitrogens with zero attached hydrogens (tertiary/aromatic N) is 2. The number of allylic oxidation sites excluding steroid dienone is 1. The van der Waals surface area contributed by atoms with Crippen LogP contribution >= 0.6 is 54.5 Å². The number of rotatable bonds is 4. The number of halogens is 2. The number of thiophene rings is 1. The van der Waals surface area contributed by atoms with Crippen LogP contribution in [0.1, 0.15) is 30.3 Å². The first-order chi connectivity index (χ1) is 14.8. The van der Waals surface area contributed by atoms with Gasteiger partial charge >= 0.3 is 5.97 Å². The maximum Gasteiger partial charge on any atom is 0.338 e. The maximum absolute atomic E-state index is 13.4. The monoisotopic (exact) mass is 582 g/mol. The second-order valence-electron chi connectivity index (χ2n) is 6.65. The van der Waals surface area contributed by atoms with Crippen molar-refractivity contribution < 1.29 is 14.6 Å². The summed E-state index contributed by atoms with van der Waals surface area (Å²) in [4.78, 5) is 32.1. The molecule has 31 heavy (non-hydrogen) atoms. The van der Waals surface area contributed by atoms with Gasteiger partial charge in [-0.25, -0.2) is 9.79 Å². The normalized spacial score (nSPS) is 16.3. The van der Waals surface area contributed by atoms with E-state index in [2.05, 4.69) is 36.9 Å². The van der Waals surface area contributed by atoms with Gasteiger partial charge in [0.15, 0.2) is 4.80 Å². The molecule has 0 aliphatic carbocycles. The van der Waals surface area contributed by atoms with E-state index < -0.39 is 12.0 Å². The summed E-state index contributed by atoms with van der Waals surface area (Å²) in [6.07, 6.45) is 1.74. The van der Waals surface area contributed by atoms with Gasteiger partial charge in [0, 0.05) is 4.88 Å². The Bertz CT molecular complexity index is 1360. The van der Waals surface area contributed by atoms with Gasteiger partial charge in [-0.2, -0.15) is 0 Å². The van der Waals surface area contributed by atoms with Crippen molar-refractivity contribution in [1.82, 2.24) is 4.57 Å². The van der Waals surface area contributed by atoms with Gasteiger partial charge in [0.2, 0.25) is 0 Å². The summed E-state index contributed by atoms with van der Waals surface area (Å²) in [6, 6.07) is 6.66. The van der Waals surface area contributed by atoms with Crippen LogP contribution in [0.3, 0.4) is 0 Å². The van der Waals surface area contributed by atoms with Crippen LogP contribution in [0.4, 0.5) is 0 Å². The minimum Gasteiger partial charge on any atom is -0.506 e. The number of hydrogen-bond acceptors (Lipinski definition) is 7. The van der Waals surface area contributed by atoms with Crippen molar-refractivity contribution in [3.8, 4) is 5.75 Å². The SMILES string of the molecule is CCOC(=O)C1=C(C)N=c2s/c(=C/c3cc(Br)c(O)c(Br)c3)c(=O)n2[C@H]1c1cccs1. The number of aromatic nitrogens is 1. The van der Waals surface area contributed by atoms with Crippen LogP contribution in [-0.2, 0) is 9.53 Å². The van der Waals surface area contributed by atoms with E-state index in [4.69, 9.17) is 4.74 Å². The highest BCUT2D eigenvalue weighted by Gasteiger charge is 2.33. The van der Waals surface area contributed by atoms with E-state index in [1.54, 1.807) is 36.6 Å². The molecule has 160 valence electrons. The molecule has 1 aliphatic rings. The molecule has 2 aromatic heterocycles. The number of carbonyl (C=O) groups is 1. The number of phenolic OH excluding ortho intramolecular Hbond substituents is 1. The van der Waals surface area contributed by atoms with E-state index >= 15 is 0 Å². The van der Waals surface area contributed by atoms with E-state index in [1.165, 1.54) is 22.7 Å². The molecule has 4 rings (SSSR count). The van der Waals surface area contributed by atoms with Gasteiger partial charge in [-0.1, -0.05) is 17.4 Å². The number of phenols is 1. The number of carbonyl (C=O) groups excluding carboxylic acids is 1. The molecule has 0 unspecified atom stereocenters. The summed E-state index contributed by atoms with van der Waals surface area (Å²) in [5, 5.41) is 11.9. The zero-order valence-electron chi connectivity index (χ0n) is 16.4. The van der Waals surface area contributed by atoms with Crippen molar-refractivity contribution in [2.45, 2.75) is 19.9 Å². The van der Waals surface area contributed by atoms with Gasteiger partial charge in [-0.3, -0.25) is 9.36 Å². The van der Waals surface area contributed by atoms with Crippen molar-refractivity contribution in [3.05, 3.63) is 80.0 Å². The van der Waals surface area contributed by atoms with Crippen LogP contribution in [0.25, 0.3) is 6.08 Å². The van der Waals surface area contributed by atoms with Crippen LogP contribution < -0.4 is 14.9 Å². The molecule has 0 amide bonds. The van der Waals surface area contributed by atoms with Crippen molar-refractivity contribution in [1.29, 1.82) is 0 Å². The van der Waals surface area contributed by atoms with E-state index in [0.717, 1.165) is 10.4 Å². The lowest BCUT2D eigenvalue weighted by Gasteiger charge is -2.23. The molecular weight excluding hydrogens is 568 g/mol. The van der Waals surface area contributed by atoms with Crippen LogP contribution in [0.5, 0.6) is 5.75 Å². The molecule has 0 radical (unpaired) electrons. The quantitative estimate of drug-likeness (QED) is 0.469. The first-order valence-electron chi connectivity index (χ1n) is 9.23. The zero-order valence-corrected chi connectivity index (χ0v) is 21.2. The van der Waals surface area contributed by atoms with Crippen molar-refractivity contribution in [2.75, 3.05) is 6.61 Å². The molecule has 1 atom stereocenters. The smallest absolute Gasteiger partial charge is 0.338 e. The summed E-state index contributed by atoms with van der Waals surface area (Å²) in [5.41, 5.74) is 1.41. The first kappa shape index (κ1) is 22.2. The van der Waals surface area contributed by atoms with E-state index in [0.29, 0.717) is 29.5 Å². The number of ether oxygens (including phenoxy) is 1. The van der Waals surface area contributed by atoms with E-state index in [1.807, 2.05) is 17.5 Å². The van der Waals surface area contributed by atoms with Crippen molar-refractivity contribution in [2.24, 2.45) is 4.99 Å². The highest BCUT2D eigenvalue weighted by molar-refractivity contribution is 9.11.